The van der Waals surface area contributed by atoms with E-state index in [1.54, 1.807) is 19.2 Å². The van der Waals surface area contributed by atoms with E-state index in [2.05, 4.69) is 0 Å². The van der Waals surface area contributed by atoms with Gasteiger partial charge < -0.3 is 4.74 Å². The van der Waals surface area contributed by atoms with Gasteiger partial charge in [-0.05, 0) is 53.6 Å². The molecule has 1 aliphatic carbocycles. The molecule has 3 aromatic carbocycles. The van der Waals surface area contributed by atoms with Crippen molar-refractivity contribution in [2.75, 3.05) is 7.11 Å². The third-order valence-corrected chi connectivity index (χ3v) is 5.21. The van der Waals surface area contributed by atoms with Crippen LogP contribution < -0.4 is 4.74 Å². The number of hydrogen-bond donors (Lipinski definition) is 0. The Bertz CT molecular complexity index is 1250. The number of carbonyl (C=O) groups excluding carboxylic acids is 1. The highest BCUT2D eigenvalue weighted by molar-refractivity contribution is 6.24. The topological polar surface area (TPSA) is 39.2 Å². The first-order valence-electron chi connectivity index (χ1n) is 9.25. The zero-order valence-corrected chi connectivity index (χ0v) is 15.6. The zero-order chi connectivity index (χ0) is 20.0. The summed E-state index contributed by atoms with van der Waals surface area (Å²) in [5.41, 5.74) is 5.93. The van der Waals surface area contributed by atoms with Crippen molar-refractivity contribution in [3.05, 3.63) is 95.8 Å². The van der Waals surface area contributed by atoms with Gasteiger partial charge in [-0.2, -0.15) is 0 Å². The van der Waals surface area contributed by atoms with Gasteiger partial charge in [-0.25, -0.2) is 9.37 Å². The van der Waals surface area contributed by atoms with E-state index in [0.717, 1.165) is 28.0 Å². The standard InChI is InChI=1S/C25H16FNO2/c1-29-18-12-8-15(9-13-18)21-14-22(16-6-10-17(26)11-7-16)27-24-19-4-2-3-5-20(19)25(28)23(21)24/h2-14H,1H3. The molecule has 0 unspecified atom stereocenters. The van der Waals surface area contributed by atoms with Gasteiger partial charge in [-0.3, -0.25) is 4.79 Å². The van der Waals surface area contributed by atoms with Gasteiger partial charge in [-0.1, -0.05) is 36.4 Å². The summed E-state index contributed by atoms with van der Waals surface area (Å²) in [6.07, 6.45) is 0. The maximum atomic E-state index is 13.4. The predicted molar refractivity (Wildman–Crippen MR) is 110 cm³/mol. The van der Waals surface area contributed by atoms with Crippen molar-refractivity contribution in [3.8, 4) is 39.4 Å². The van der Waals surface area contributed by atoms with E-state index in [9.17, 15) is 9.18 Å². The van der Waals surface area contributed by atoms with Crippen molar-refractivity contribution in [2.45, 2.75) is 0 Å². The summed E-state index contributed by atoms with van der Waals surface area (Å²) in [4.78, 5) is 18.0. The van der Waals surface area contributed by atoms with Gasteiger partial charge in [0, 0.05) is 16.7 Å². The second-order valence-electron chi connectivity index (χ2n) is 6.89. The number of pyridine rings is 1. The maximum absolute atomic E-state index is 13.4. The molecule has 1 heterocycles. The number of hydrogen-bond acceptors (Lipinski definition) is 3. The van der Waals surface area contributed by atoms with Crippen LogP contribution in [0.1, 0.15) is 15.9 Å². The smallest absolute Gasteiger partial charge is 0.196 e. The number of aromatic nitrogens is 1. The first-order valence-corrected chi connectivity index (χ1v) is 9.25. The number of benzene rings is 3. The molecule has 5 rings (SSSR count). The summed E-state index contributed by atoms with van der Waals surface area (Å²) in [6.45, 7) is 0. The Morgan fingerprint density at radius 2 is 1.45 bits per heavy atom. The molecule has 0 radical (unpaired) electrons. The van der Waals surface area contributed by atoms with E-state index in [0.29, 0.717) is 22.5 Å². The molecule has 1 aliphatic rings. The monoisotopic (exact) mass is 381 g/mol. The normalized spacial score (nSPS) is 11.9. The lowest BCUT2D eigenvalue weighted by Crippen LogP contribution is -2.00. The zero-order valence-electron chi connectivity index (χ0n) is 15.6. The van der Waals surface area contributed by atoms with Crippen molar-refractivity contribution in [1.29, 1.82) is 0 Å². The third-order valence-electron chi connectivity index (χ3n) is 5.21. The molecule has 4 aromatic rings. The van der Waals surface area contributed by atoms with Gasteiger partial charge in [-0.15, -0.1) is 0 Å². The highest BCUT2D eigenvalue weighted by Gasteiger charge is 2.31. The van der Waals surface area contributed by atoms with E-state index < -0.39 is 0 Å². The molecule has 3 nitrogen and oxygen atoms in total. The number of ketones is 1. The van der Waals surface area contributed by atoms with E-state index in [1.807, 2.05) is 54.6 Å². The van der Waals surface area contributed by atoms with E-state index >= 15 is 0 Å². The minimum atomic E-state index is -0.300. The lowest BCUT2D eigenvalue weighted by molar-refractivity contribution is 0.104. The molecule has 0 atom stereocenters. The number of carbonyl (C=O) groups is 1. The fraction of sp³-hybridized carbons (Fsp3) is 0.0400. The summed E-state index contributed by atoms with van der Waals surface area (Å²) in [5.74, 6) is 0.415. The van der Waals surface area contributed by atoms with Crippen LogP contribution in [0.5, 0.6) is 5.75 Å². The second-order valence-corrected chi connectivity index (χ2v) is 6.89. The van der Waals surface area contributed by atoms with Crippen LogP contribution >= 0.6 is 0 Å². The van der Waals surface area contributed by atoms with Crippen LogP contribution in [0.2, 0.25) is 0 Å². The molecular formula is C25H16FNO2. The van der Waals surface area contributed by atoms with Gasteiger partial charge in [0.1, 0.15) is 11.6 Å². The highest BCUT2D eigenvalue weighted by Crippen LogP contribution is 2.42. The van der Waals surface area contributed by atoms with Crippen LogP contribution in [-0.2, 0) is 0 Å². The van der Waals surface area contributed by atoms with Crippen LogP contribution in [0, 0.1) is 5.82 Å². The molecule has 4 heteroatoms. The van der Waals surface area contributed by atoms with Crippen LogP contribution in [0.3, 0.4) is 0 Å². The van der Waals surface area contributed by atoms with Crippen molar-refractivity contribution >= 4 is 5.78 Å². The molecule has 0 fully saturated rings. The van der Waals surface area contributed by atoms with Crippen LogP contribution in [0.15, 0.2) is 78.9 Å². The van der Waals surface area contributed by atoms with Gasteiger partial charge in [0.15, 0.2) is 5.78 Å². The number of fused-ring (bicyclic) bond motifs is 3. The number of nitrogens with zero attached hydrogens (tertiary/aromatic N) is 1. The molecule has 0 saturated heterocycles. The lowest BCUT2D eigenvalue weighted by Gasteiger charge is -2.12. The Labute approximate surface area is 167 Å². The quantitative estimate of drug-likeness (QED) is 0.398. The van der Waals surface area contributed by atoms with Crippen molar-refractivity contribution < 1.29 is 13.9 Å². The molecule has 29 heavy (non-hydrogen) atoms. The average molecular weight is 381 g/mol. The Morgan fingerprint density at radius 3 is 2.14 bits per heavy atom. The van der Waals surface area contributed by atoms with Crippen LogP contribution in [-0.4, -0.2) is 17.9 Å². The van der Waals surface area contributed by atoms with E-state index in [1.165, 1.54) is 12.1 Å². The fourth-order valence-electron chi connectivity index (χ4n) is 3.76. The van der Waals surface area contributed by atoms with Crippen molar-refractivity contribution in [1.82, 2.24) is 4.98 Å². The van der Waals surface area contributed by atoms with E-state index in [4.69, 9.17) is 9.72 Å². The molecule has 0 saturated carbocycles. The largest absolute Gasteiger partial charge is 0.497 e. The second kappa shape index (κ2) is 6.67. The minimum Gasteiger partial charge on any atom is -0.497 e. The molecule has 0 aliphatic heterocycles. The Kier molecular flexibility index (Phi) is 3.98. The number of methoxy groups -OCH3 is 1. The first kappa shape index (κ1) is 17.3. The molecular weight excluding hydrogens is 365 g/mol. The Hall–Kier alpha value is -3.79. The predicted octanol–water partition coefficient (Wildman–Crippen LogP) is 5.77. The van der Waals surface area contributed by atoms with Gasteiger partial charge in [0.05, 0.1) is 24.1 Å². The molecule has 1 aromatic heterocycles. The van der Waals surface area contributed by atoms with Gasteiger partial charge in [0.2, 0.25) is 0 Å². The Balaban J connectivity index is 1.78. The molecule has 0 amide bonds. The van der Waals surface area contributed by atoms with Gasteiger partial charge in [0.25, 0.3) is 0 Å². The summed E-state index contributed by atoms with van der Waals surface area (Å²) in [5, 5.41) is 0. The summed E-state index contributed by atoms with van der Waals surface area (Å²) >= 11 is 0. The number of halogens is 1. The highest BCUT2D eigenvalue weighted by atomic mass is 19.1. The lowest BCUT2D eigenvalue weighted by atomic mass is 9.95. The molecule has 0 N–H and O–H groups in total. The number of ether oxygens (including phenoxy) is 1. The average Bonchev–Trinajstić information content (AvgIpc) is 3.06. The molecule has 140 valence electrons. The van der Waals surface area contributed by atoms with Crippen LogP contribution in [0.25, 0.3) is 33.6 Å². The van der Waals surface area contributed by atoms with Crippen molar-refractivity contribution in [3.63, 3.8) is 0 Å². The maximum Gasteiger partial charge on any atom is 0.196 e. The molecule has 0 bridgehead atoms. The van der Waals surface area contributed by atoms with E-state index in [-0.39, 0.29) is 11.6 Å². The minimum absolute atomic E-state index is 0.0282. The summed E-state index contributed by atoms with van der Waals surface area (Å²) in [6, 6.07) is 23.2. The van der Waals surface area contributed by atoms with Crippen molar-refractivity contribution in [2.24, 2.45) is 0 Å². The first-order chi connectivity index (χ1) is 14.2. The Morgan fingerprint density at radius 1 is 0.793 bits per heavy atom. The van der Waals surface area contributed by atoms with Gasteiger partial charge >= 0.3 is 0 Å². The molecule has 0 spiro atoms. The third kappa shape index (κ3) is 2.81. The summed E-state index contributed by atoms with van der Waals surface area (Å²) in [7, 11) is 1.62. The summed E-state index contributed by atoms with van der Waals surface area (Å²) < 4.78 is 18.7. The fourth-order valence-corrected chi connectivity index (χ4v) is 3.76. The van der Waals surface area contributed by atoms with Crippen LogP contribution in [0.4, 0.5) is 4.39 Å². The SMILES string of the molecule is COc1ccc(-c2cc(-c3ccc(F)cc3)nc3c2C(=O)c2ccccc2-3)cc1. The number of rotatable bonds is 3.